The van der Waals surface area contributed by atoms with E-state index in [0.29, 0.717) is 18.1 Å². The third-order valence-corrected chi connectivity index (χ3v) is 5.25. The van der Waals surface area contributed by atoms with E-state index in [0.717, 1.165) is 30.5 Å². The van der Waals surface area contributed by atoms with E-state index in [-0.39, 0.29) is 9.90 Å². The molecule has 1 fully saturated rings. The van der Waals surface area contributed by atoms with Gasteiger partial charge in [0.05, 0.1) is 31.1 Å². The number of hydrogen-bond acceptors (Lipinski definition) is 6. The normalized spacial score (nSPS) is 16.8. The van der Waals surface area contributed by atoms with Crippen LogP contribution in [-0.2, 0) is 10.0 Å². The summed E-state index contributed by atoms with van der Waals surface area (Å²) in [4.78, 5) is 12.2. The first-order valence-electron chi connectivity index (χ1n) is 5.27. The minimum absolute atomic E-state index is 0.168. The second kappa shape index (κ2) is 4.80. The molecule has 2 rings (SSSR count). The molecule has 0 saturated carbocycles. The molecular weight excluding hydrogens is 280 g/mol. The number of piperazine rings is 1. The first kappa shape index (κ1) is 13.2. The van der Waals surface area contributed by atoms with Crippen LogP contribution < -0.4 is 15.4 Å². The van der Waals surface area contributed by atoms with Crippen molar-refractivity contribution < 1.29 is 18.7 Å². The van der Waals surface area contributed by atoms with Gasteiger partial charge in [0.15, 0.2) is 5.00 Å². The van der Waals surface area contributed by atoms with Gasteiger partial charge in [0.25, 0.3) is 0 Å². The van der Waals surface area contributed by atoms with E-state index in [4.69, 9.17) is 5.14 Å². The van der Waals surface area contributed by atoms with Gasteiger partial charge in [-0.15, -0.1) is 0 Å². The number of nitrogens with two attached hydrogens (primary N) is 2. The molecule has 10 heteroatoms. The largest absolute Gasteiger partial charge is 0.346 e. The predicted molar refractivity (Wildman–Crippen MR) is 66.2 cm³/mol. The van der Waals surface area contributed by atoms with Gasteiger partial charge in [0.2, 0.25) is 10.0 Å². The molecule has 0 atom stereocenters. The van der Waals surface area contributed by atoms with Crippen LogP contribution in [0.25, 0.3) is 0 Å². The van der Waals surface area contributed by atoms with Crippen LogP contribution in [0.3, 0.4) is 0 Å². The van der Waals surface area contributed by atoms with Gasteiger partial charge in [-0.1, -0.05) is 11.3 Å². The highest BCUT2D eigenvalue weighted by Gasteiger charge is 2.28. The van der Waals surface area contributed by atoms with Crippen LogP contribution in [0.1, 0.15) is 0 Å². The fraction of sp³-hybridized carbons (Fsp3) is 0.500. The minimum Gasteiger partial charge on any atom is -0.346 e. The third-order valence-electron chi connectivity index (χ3n) is 2.64. The smallest absolute Gasteiger partial charge is 0.305 e. The van der Waals surface area contributed by atoms with Gasteiger partial charge in [-0.25, -0.2) is 13.6 Å². The summed E-state index contributed by atoms with van der Waals surface area (Å²) in [5.74, 6) is 0. The van der Waals surface area contributed by atoms with E-state index < -0.39 is 14.9 Å². The van der Waals surface area contributed by atoms with E-state index in [9.17, 15) is 18.5 Å². The predicted octanol–water partition coefficient (Wildman–Crippen LogP) is -1.31. The number of hydrogen-bond donors (Lipinski definition) is 2. The van der Waals surface area contributed by atoms with Crippen LogP contribution in [0, 0.1) is 10.1 Å². The Morgan fingerprint density at radius 1 is 1.44 bits per heavy atom. The van der Waals surface area contributed by atoms with Crippen molar-refractivity contribution in [1.29, 1.82) is 0 Å². The number of anilines is 1. The number of nitrogens with zero attached hydrogens (tertiary/aromatic N) is 2. The topological polar surface area (TPSA) is 123 Å². The van der Waals surface area contributed by atoms with Crippen LogP contribution in [-0.4, -0.2) is 39.5 Å². The zero-order valence-corrected chi connectivity index (χ0v) is 11.0. The van der Waals surface area contributed by atoms with Crippen molar-refractivity contribution in [2.45, 2.75) is 4.21 Å². The number of sulfonamides is 1. The molecule has 1 aliphatic heterocycles. The monoisotopic (exact) mass is 293 g/mol. The van der Waals surface area contributed by atoms with Crippen LogP contribution in [0.4, 0.5) is 10.7 Å². The fourth-order valence-electron chi connectivity index (χ4n) is 1.80. The molecule has 1 saturated heterocycles. The Morgan fingerprint density at radius 3 is 2.56 bits per heavy atom. The quantitative estimate of drug-likeness (QED) is 0.529. The van der Waals surface area contributed by atoms with Crippen LogP contribution in [0.5, 0.6) is 0 Å². The highest BCUT2D eigenvalue weighted by Crippen LogP contribution is 2.39. The summed E-state index contributed by atoms with van der Waals surface area (Å²) in [6.07, 6.45) is 0. The molecule has 1 aromatic rings. The maximum absolute atomic E-state index is 11.2. The van der Waals surface area contributed by atoms with Gasteiger partial charge in [-0.3, -0.25) is 10.1 Å². The maximum atomic E-state index is 11.2. The van der Waals surface area contributed by atoms with Crippen molar-refractivity contribution in [3.05, 3.63) is 16.2 Å². The van der Waals surface area contributed by atoms with E-state index in [1.807, 2.05) is 4.90 Å². The Bertz CT molecular complexity index is 562. The molecule has 1 aliphatic rings. The zero-order valence-electron chi connectivity index (χ0n) is 9.40. The molecule has 0 aliphatic carbocycles. The van der Waals surface area contributed by atoms with Crippen LogP contribution >= 0.6 is 11.3 Å². The Balaban J connectivity index is 2.44. The summed E-state index contributed by atoms with van der Waals surface area (Å²) in [5.41, 5.74) is -0.189. The summed E-state index contributed by atoms with van der Waals surface area (Å²) in [6.45, 7) is 2.98. The molecule has 18 heavy (non-hydrogen) atoms. The molecule has 0 bridgehead atoms. The number of rotatable bonds is 3. The molecule has 8 nitrogen and oxygen atoms in total. The molecular formula is C8H13N4O4S2+. The molecule has 0 spiro atoms. The van der Waals surface area contributed by atoms with Crippen molar-refractivity contribution in [3.8, 4) is 0 Å². The molecule has 0 amide bonds. The maximum Gasteiger partial charge on any atom is 0.305 e. The van der Waals surface area contributed by atoms with E-state index in [1.54, 1.807) is 0 Å². The minimum atomic E-state index is -3.90. The van der Waals surface area contributed by atoms with Crippen molar-refractivity contribution in [2.24, 2.45) is 5.14 Å². The number of thiophene rings is 1. The number of primary sulfonamides is 1. The molecule has 4 N–H and O–H groups in total. The number of quaternary nitrogens is 1. The lowest BCUT2D eigenvalue weighted by molar-refractivity contribution is -0.655. The Morgan fingerprint density at radius 2 is 2.06 bits per heavy atom. The first-order valence-corrected chi connectivity index (χ1v) is 7.63. The van der Waals surface area contributed by atoms with Crippen molar-refractivity contribution >= 4 is 32.0 Å². The Labute approximate surface area is 108 Å². The summed E-state index contributed by atoms with van der Waals surface area (Å²) >= 11 is 0.859. The van der Waals surface area contributed by atoms with Crippen LogP contribution in [0.2, 0.25) is 0 Å². The summed E-state index contributed by atoms with van der Waals surface area (Å²) in [7, 11) is -3.90. The van der Waals surface area contributed by atoms with Crippen molar-refractivity contribution in [3.63, 3.8) is 0 Å². The number of nitro groups is 1. The highest BCUT2D eigenvalue weighted by atomic mass is 32.2. The second-order valence-corrected chi connectivity index (χ2v) is 6.73. The summed E-state index contributed by atoms with van der Waals surface area (Å²) in [6, 6.07) is 1.04. The van der Waals surface area contributed by atoms with Crippen molar-refractivity contribution in [2.75, 3.05) is 31.1 Å². The van der Waals surface area contributed by atoms with E-state index >= 15 is 0 Å². The van der Waals surface area contributed by atoms with Gasteiger partial charge >= 0.3 is 5.69 Å². The first-order chi connectivity index (χ1) is 8.39. The van der Waals surface area contributed by atoms with Gasteiger partial charge in [0.1, 0.15) is 4.21 Å². The van der Waals surface area contributed by atoms with Gasteiger partial charge < -0.3 is 10.2 Å². The summed E-state index contributed by atoms with van der Waals surface area (Å²) in [5, 5.41) is 18.4. The fourth-order valence-corrected chi connectivity index (χ4v) is 3.69. The molecule has 2 heterocycles. The molecule has 0 radical (unpaired) electrons. The van der Waals surface area contributed by atoms with Crippen LogP contribution in [0.15, 0.2) is 10.3 Å². The van der Waals surface area contributed by atoms with Gasteiger partial charge in [0, 0.05) is 6.07 Å². The average Bonchev–Trinajstić information content (AvgIpc) is 2.74. The molecule has 0 unspecified atom stereocenters. The average molecular weight is 293 g/mol. The molecule has 100 valence electrons. The SMILES string of the molecule is NS(=O)(=O)c1cc([N+](=O)[O-])c(N2CC[NH2+]CC2)s1. The lowest BCUT2D eigenvalue weighted by Crippen LogP contribution is -2.89. The zero-order chi connectivity index (χ0) is 13.3. The van der Waals surface area contributed by atoms with E-state index in [1.165, 1.54) is 0 Å². The third kappa shape index (κ3) is 2.61. The lowest BCUT2D eigenvalue weighted by atomic mass is 10.3. The van der Waals surface area contributed by atoms with E-state index in [2.05, 4.69) is 5.32 Å². The Hall–Kier alpha value is -1.23. The van der Waals surface area contributed by atoms with Gasteiger partial charge in [-0.2, -0.15) is 0 Å². The lowest BCUT2D eigenvalue weighted by Gasteiger charge is -2.24. The van der Waals surface area contributed by atoms with Gasteiger partial charge in [-0.05, 0) is 0 Å². The summed E-state index contributed by atoms with van der Waals surface area (Å²) < 4.78 is 22.3. The van der Waals surface area contributed by atoms with Crippen molar-refractivity contribution in [1.82, 2.24) is 0 Å². The molecule has 0 aromatic carbocycles. The molecule has 1 aromatic heterocycles. The second-order valence-electron chi connectivity index (χ2n) is 3.91. The Kier molecular flexibility index (Phi) is 3.52. The standard InChI is InChI=1S/C8H12N4O4S2/c9-18(15,16)7-5-6(12(13)14)8(17-7)11-3-1-10-2-4-11/h5,10H,1-4H2,(H2,9,15,16)/p+1. The highest BCUT2D eigenvalue weighted by molar-refractivity contribution is 7.91.